The van der Waals surface area contributed by atoms with Gasteiger partial charge in [0.05, 0.1) is 0 Å². The largest absolute Gasteiger partial charge is 0.306 e. The monoisotopic (exact) mass is 359 g/mol. The second-order valence-electron chi connectivity index (χ2n) is 10.7. The van der Waals surface area contributed by atoms with Crippen LogP contribution in [0.5, 0.6) is 0 Å². The van der Waals surface area contributed by atoms with Crippen LogP contribution in [0.1, 0.15) is 72.1 Å². The zero-order valence-corrected chi connectivity index (χ0v) is 17.4. The maximum absolute atomic E-state index is 12.6. The summed E-state index contributed by atoms with van der Waals surface area (Å²) in [6.45, 7) is 7.35. The number of fused-ring (bicyclic) bond motifs is 5. The molecule has 4 rings (SSSR count). The highest BCUT2D eigenvalue weighted by Crippen LogP contribution is 2.67. The van der Waals surface area contributed by atoms with E-state index in [1.807, 2.05) is 0 Å². The number of hydrogen-bond acceptors (Lipinski definition) is 3. The minimum atomic E-state index is -0.0905. The normalized spacial score (nSPS) is 49.5. The van der Waals surface area contributed by atoms with Crippen LogP contribution in [0.2, 0.25) is 0 Å². The zero-order chi connectivity index (χ0) is 18.9. The van der Waals surface area contributed by atoms with Crippen LogP contribution in [0.3, 0.4) is 0 Å². The summed E-state index contributed by atoms with van der Waals surface area (Å²) in [4.78, 5) is 27.0. The van der Waals surface area contributed by atoms with Crippen molar-refractivity contribution in [1.82, 2.24) is 4.90 Å². The fraction of sp³-hybridized carbons (Fsp3) is 0.913. The predicted molar refractivity (Wildman–Crippen MR) is 104 cm³/mol. The molecule has 0 saturated heterocycles. The predicted octanol–water partition coefficient (Wildman–Crippen LogP) is 4.34. The summed E-state index contributed by atoms with van der Waals surface area (Å²) >= 11 is 0. The molecule has 4 saturated carbocycles. The van der Waals surface area contributed by atoms with Gasteiger partial charge in [-0.2, -0.15) is 0 Å². The lowest BCUT2D eigenvalue weighted by Gasteiger charge is -2.60. The van der Waals surface area contributed by atoms with E-state index in [0.29, 0.717) is 23.8 Å². The van der Waals surface area contributed by atoms with Crippen LogP contribution in [0.15, 0.2) is 0 Å². The van der Waals surface area contributed by atoms with E-state index in [1.54, 1.807) is 0 Å². The van der Waals surface area contributed by atoms with Gasteiger partial charge < -0.3 is 4.90 Å². The van der Waals surface area contributed by atoms with Gasteiger partial charge >= 0.3 is 0 Å². The van der Waals surface area contributed by atoms with Crippen LogP contribution in [-0.2, 0) is 9.59 Å². The van der Waals surface area contributed by atoms with E-state index >= 15 is 0 Å². The summed E-state index contributed by atoms with van der Waals surface area (Å²) in [6, 6.07) is 0.641. The molecule has 4 aliphatic carbocycles. The Balaban J connectivity index is 1.61. The van der Waals surface area contributed by atoms with Crippen molar-refractivity contribution in [3.8, 4) is 0 Å². The minimum Gasteiger partial charge on any atom is -0.306 e. The lowest BCUT2D eigenvalue weighted by atomic mass is 9.44. The molecule has 0 bridgehead atoms. The molecule has 3 heteroatoms. The first kappa shape index (κ1) is 18.7. The van der Waals surface area contributed by atoms with Gasteiger partial charge in [0.25, 0.3) is 0 Å². The molecule has 8 atom stereocenters. The molecule has 0 amide bonds. The number of nitrogens with zero attached hydrogens (tertiary/aromatic N) is 1. The van der Waals surface area contributed by atoms with Gasteiger partial charge in [0.1, 0.15) is 0 Å². The average Bonchev–Trinajstić information content (AvgIpc) is 2.95. The third-order valence-corrected chi connectivity index (χ3v) is 9.82. The zero-order valence-electron chi connectivity index (χ0n) is 17.4. The third-order valence-electron chi connectivity index (χ3n) is 9.82. The highest BCUT2D eigenvalue weighted by atomic mass is 16.2. The van der Waals surface area contributed by atoms with Crippen molar-refractivity contribution < 1.29 is 9.59 Å². The van der Waals surface area contributed by atoms with Crippen LogP contribution < -0.4 is 0 Å². The van der Waals surface area contributed by atoms with Gasteiger partial charge in [-0.1, -0.05) is 13.8 Å². The standard InChI is InChI=1S/C23H37NO2/c1-14(24(4)5)16-8-9-17-15-6-7-19-21(26)20(25)11-13-23(19,3)18(15)10-12-22(16,17)2/h14-19H,6-13H2,1-5H3/t14-,15-,16+,17-,18-,19-,22+,23+/m0/s1. The average molecular weight is 360 g/mol. The highest BCUT2D eigenvalue weighted by Gasteiger charge is 2.62. The minimum absolute atomic E-state index is 0.0206. The molecular weight excluding hydrogens is 322 g/mol. The van der Waals surface area contributed by atoms with Crippen LogP contribution in [0, 0.1) is 40.4 Å². The Bertz CT molecular complexity index is 613. The molecule has 26 heavy (non-hydrogen) atoms. The van der Waals surface area contributed by atoms with Crippen LogP contribution >= 0.6 is 0 Å². The molecule has 0 aromatic rings. The molecule has 4 aliphatic rings. The van der Waals surface area contributed by atoms with Gasteiger partial charge in [-0.3, -0.25) is 9.59 Å². The van der Waals surface area contributed by atoms with E-state index < -0.39 is 0 Å². The van der Waals surface area contributed by atoms with Crippen molar-refractivity contribution in [2.24, 2.45) is 40.4 Å². The lowest BCUT2D eigenvalue weighted by molar-refractivity contribution is -0.158. The van der Waals surface area contributed by atoms with E-state index in [9.17, 15) is 9.59 Å². The van der Waals surface area contributed by atoms with Crippen molar-refractivity contribution in [2.75, 3.05) is 14.1 Å². The molecule has 4 fully saturated rings. The van der Waals surface area contributed by atoms with Gasteiger partial charge in [0.15, 0.2) is 5.78 Å². The van der Waals surface area contributed by atoms with E-state index in [2.05, 4.69) is 39.8 Å². The number of hydrogen-bond donors (Lipinski definition) is 0. The molecule has 0 unspecified atom stereocenters. The van der Waals surface area contributed by atoms with Crippen molar-refractivity contribution in [1.29, 1.82) is 0 Å². The molecule has 0 radical (unpaired) electrons. The van der Waals surface area contributed by atoms with Gasteiger partial charge in [0, 0.05) is 18.4 Å². The number of carbonyl (C=O) groups is 2. The molecule has 0 aliphatic heterocycles. The molecule has 0 heterocycles. The van der Waals surface area contributed by atoms with Crippen molar-refractivity contribution in [2.45, 2.75) is 78.2 Å². The first-order valence-corrected chi connectivity index (χ1v) is 10.9. The molecule has 0 N–H and O–H groups in total. The number of carbonyl (C=O) groups excluding carboxylic acids is 2. The van der Waals surface area contributed by atoms with Gasteiger partial charge in [-0.25, -0.2) is 0 Å². The maximum atomic E-state index is 12.6. The third kappa shape index (κ3) is 2.41. The fourth-order valence-corrected chi connectivity index (χ4v) is 8.14. The Hall–Kier alpha value is -0.700. The first-order chi connectivity index (χ1) is 12.2. The molecular formula is C23H37NO2. The van der Waals surface area contributed by atoms with Crippen molar-refractivity contribution in [3.63, 3.8) is 0 Å². The summed E-state index contributed by atoms with van der Waals surface area (Å²) in [5.74, 6) is 2.94. The smallest absolute Gasteiger partial charge is 0.201 e. The Morgan fingerprint density at radius 1 is 0.923 bits per heavy atom. The van der Waals surface area contributed by atoms with E-state index in [1.165, 1.54) is 32.1 Å². The Morgan fingerprint density at radius 2 is 1.62 bits per heavy atom. The molecule has 3 nitrogen and oxygen atoms in total. The number of ketones is 2. The van der Waals surface area contributed by atoms with Gasteiger partial charge in [-0.15, -0.1) is 0 Å². The summed E-state index contributed by atoms with van der Waals surface area (Å²) in [6.07, 6.45) is 8.89. The SMILES string of the molecule is C[C@@H]([C@H]1CC[C@H]2[C@@H]3CC[C@H]4C(=O)C(=O)CC[C@]4(C)[C@H]3CC[C@]12C)N(C)C. The second-order valence-corrected chi connectivity index (χ2v) is 10.7. The van der Waals surface area contributed by atoms with Crippen LogP contribution in [-0.4, -0.2) is 36.6 Å². The first-order valence-electron chi connectivity index (χ1n) is 10.9. The van der Waals surface area contributed by atoms with Crippen molar-refractivity contribution >= 4 is 11.6 Å². The summed E-state index contributed by atoms with van der Waals surface area (Å²) < 4.78 is 0. The molecule has 0 aromatic heterocycles. The van der Waals surface area contributed by atoms with E-state index in [4.69, 9.17) is 0 Å². The molecule has 0 aromatic carbocycles. The van der Waals surface area contributed by atoms with E-state index in [0.717, 1.165) is 30.6 Å². The molecule has 0 spiro atoms. The van der Waals surface area contributed by atoms with Crippen LogP contribution in [0.4, 0.5) is 0 Å². The van der Waals surface area contributed by atoms with Gasteiger partial charge in [0.2, 0.25) is 5.78 Å². The van der Waals surface area contributed by atoms with Gasteiger partial charge in [-0.05, 0) is 100 Å². The van der Waals surface area contributed by atoms with Crippen LogP contribution in [0.25, 0.3) is 0 Å². The fourth-order valence-electron chi connectivity index (χ4n) is 8.14. The Kier molecular flexibility index (Phi) is 4.42. The number of rotatable bonds is 2. The number of Topliss-reactive ketones (excluding diaryl/α,β-unsaturated/α-hetero) is 2. The lowest BCUT2D eigenvalue weighted by Crippen LogP contribution is -2.56. The van der Waals surface area contributed by atoms with Crippen molar-refractivity contribution in [3.05, 3.63) is 0 Å². The topological polar surface area (TPSA) is 37.4 Å². The summed E-state index contributed by atoms with van der Waals surface area (Å²) in [5, 5.41) is 0. The maximum Gasteiger partial charge on any atom is 0.201 e. The molecule has 146 valence electrons. The Morgan fingerprint density at radius 3 is 2.31 bits per heavy atom. The quantitative estimate of drug-likeness (QED) is 0.688. The highest BCUT2D eigenvalue weighted by molar-refractivity contribution is 6.38. The summed E-state index contributed by atoms with van der Waals surface area (Å²) in [7, 11) is 4.45. The Labute approximate surface area is 159 Å². The summed E-state index contributed by atoms with van der Waals surface area (Å²) in [5.41, 5.74) is 0.545. The second kappa shape index (κ2) is 6.15. The van der Waals surface area contributed by atoms with E-state index in [-0.39, 0.29) is 22.9 Å².